The third-order valence-electron chi connectivity index (χ3n) is 6.41. The van der Waals surface area contributed by atoms with Crippen LogP contribution in [0.3, 0.4) is 0 Å². The van der Waals surface area contributed by atoms with Gasteiger partial charge in [-0.15, -0.1) is 0 Å². The first-order valence-electron chi connectivity index (χ1n) is 11.5. The molecule has 1 fully saturated rings. The van der Waals surface area contributed by atoms with Crippen LogP contribution in [-0.4, -0.2) is 61.3 Å². The first-order valence-corrected chi connectivity index (χ1v) is 11.5. The second-order valence-electron chi connectivity index (χ2n) is 8.75. The van der Waals surface area contributed by atoms with E-state index in [0.29, 0.717) is 0 Å². The maximum atomic E-state index is 13.2. The van der Waals surface area contributed by atoms with E-state index in [9.17, 15) is 4.39 Å². The summed E-state index contributed by atoms with van der Waals surface area (Å²) in [5, 5.41) is 6.73. The van der Waals surface area contributed by atoms with Crippen molar-refractivity contribution in [1.82, 2.24) is 15.0 Å². The molecule has 3 aromatic carbocycles. The van der Waals surface area contributed by atoms with Crippen molar-refractivity contribution in [2.75, 3.05) is 51.2 Å². The lowest BCUT2D eigenvalue weighted by molar-refractivity contribution is 0.202. The Hall–Kier alpha value is -3.22. The largest absolute Gasteiger partial charge is 0.369 e. The molecule has 1 aromatic heterocycles. The van der Waals surface area contributed by atoms with Crippen LogP contribution < -0.4 is 4.90 Å². The molecule has 0 spiro atoms. The Labute approximate surface area is 194 Å². The van der Waals surface area contributed by atoms with Crippen LogP contribution in [0.4, 0.5) is 10.1 Å². The van der Waals surface area contributed by atoms with E-state index in [-0.39, 0.29) is 5.82 Å². The molecule has 5 nitrogen and oxygen atoms in total. The molecule has 0 atom stereocenters. The molecular formula is C27H29FN4O. The lowest BCUT2D eigenvalue weighted by atomic mass is 10.0. The standard InChI is InChI=1S/C27H29FN4O/c1-30(13-14-31-15-17-32(18-16-31)23-11-9-22(28)10-12-23)20-24-19-27(29-33-24)26-8-4-6-21-5-2-3-7-25(21)26/h2-12,19H,13-18,20H2,1H3. The highest BCUT2D eigenvalue weighted by molar-refractivity contribution is 5.95. The second kappa shape index (κ2) is 9.73. The molecule has 0 amide bonds. The van der Waals surface area contributed by atoms with Crippen molar-refractivity contribution in [2.45, 2.75) is 6.54 Å². The number of likely N-dealkylation sites (N-methyl/N-ethyl adjacent to an activating group) is 1. The Bertz CT molecular complexity index is 1190. The highest BCUT2D eigenvalue weighted by Crippen LogP contribution is 2.28. The van der Waals surface area contributed by atoms with Gasteiger partial charge >= 0.3 is 0 Å². The van der Waals surface area contributed by atoms with Crippen LogP contribution in [0.2, 0.25) is 0 Å². The Kier molecular flexibility index (Phi) is 6.37. The van der Waals surface area contributed by atoms with Gasteiger partial charge in [0.1, 0.15) is 11.5 Å². The number of hydrogen-bond donors (Lipinski definition) is 0. The van der Waals surface area contributed by atoms with Crippen LogP contribution in [0, 0.1) is 5.82 Å². The molecule has 5 rings (SSSR count). The van der Waals surface area contributed by atoms with Crippen LogP contribution in [0.25, 0.3) is 22.0 Å². The molecule has 0 bridgehead atoms. The number of halogens is 1. The van der Waals surface area contributed by atoms with Gasteiger partial charge in [0, 0.05) is 56.6 Å². The first kappa shape index (κ1) is 21.6. The van der Waals surface area contributed by atoms with E-state index in [4.69, 9.17) is 4.52 Å². The fourth-order valence-corrected chi connectivity index (χ4v) is 4.50. The van der Waals surface area contributed by atoms with Gasteiger partial charge in [-0.05, 0) is 42.1 Å². The topological polar surface area (TPSA) is 35.8 Å². The van der Waals surface area contributed by atoms with Gasteiger partial charge in [-0.25, -0.2) is 4.39 Å². The molecular weight excluding hydrogens is 415 g/mol. The van der Waals surface area contributed by atoms with Gasteiger partial charge in [-0.2, -0.15) is 0 Å². The van der Waals surface area contributed by atoms with Crippen molar-refractivity contribution in [3.05, 3.63) is 84.4 Å². The van der Waals surface area contributed by atoms with Crippen molar-refractivity contribution in [3.8, 4) is 11.3 Å². The Morgan fingerprint density at radius 1 is 0.939 bits per heavy atom. The van der Waals surface area contributed by atoms with Crippen molar-refractivity contribution >= 4 is 16.5 Å². The quantitative estimate of drug-likeness (QED) is 0.406. The molecule has 6 heteroatoms. The smallest absolute Gasteiger partial charge is 0.151 e. The zero-order chi connectivity index (χ0) is 22.6. The Balaban J connectivity index is 1.12. The Morgan fingerprint density at radius 2 is 1.70 bits per heavy atom. The lowest BCUT2D eigenvalue weighted by Crippen LogP contribution is -2.48. The molecule has 2 heterocycles. The van der Waals surface area contributed by atoms with Gasteiger partial charge < -0.3 is 9.42 Å². The number of anilines is 1. The molecule has 170 valence electrons. The number of piperazine rings is 1. The minimum absolute atomic E-state index is 0.184. The number of rotatable bonds is 7. The van der Waals surface area contributed by atoms with Crippen molar-refractivity contribution in [1.29, 1.82) is 0 Å². The van der Waals surface area contributed by atoms with E-state index in [1.54, 1.807) is 0 Å². The van der Waals surface area contributed by atoms with Gasteiger partial charge in [0.2, 0.25) is 0 Å². The zero-order valence-electron chi connectivity index (χ0n) is 19.0. The Morgan fingerprint density at radius 3 is 2.52 bits per heavy atom. The van der Waals surface area contributed by atoms with Crippen molar-refractivity contribution in [2.24, 2.45) is 0 Å². The van der Waals surface area contributed by atoms with Gasteiger partial charge in [-0.3, -0.25) is 9.80 Å². The molecule has 33 heavy (non-hydrogen) atoms. The third kappa shape index (κ3) is 5.07. The minimum Gasteiger partial charge on any atom is -0.369 e. The summed E-state index contributed by atoms with van der Waals surface area (Å²) in [4.78, 5) is 7.08. The van der Waals surface area contributed by atoms with E-state index in [0.717, 1.165) is 68.5 Å². The molecule has 0 N–H and O–H groups in total. The van der Waals surface area contributed by atoms with E-state index in [1.165, 1.54) is 22.9 Å². The predicted octanol–water partition coefficient (Wildman–Crippen LogP) is 4.89. The van der Waals surface area contributed by atoms with Crippen molar-refractivity contribution in [3.63, 3.8) is 0 Å². The van der Waals surface area contributed by atoms with Crippen LogP contribution in [0.15, 0.2) is 77.3 Å². The van der Waals surface area contributed by atoms with Crippen molar-refractivity contribution < 1.29 is 8.91 Å². The van der Waals surface area contributed by atoms with Gasteiger partial charge in [-0.1, -0.05) is 47.6 Å². The zero-order valence-corrected chi connectivity index (χ0v) is 19.0. The summed E-state index contributed by atoms with van der Waals surface area (Å²) in [5.41, 5.74) is 3.08. The SMILES string of the molecule is CN(CCN1CCN(c2ccc(F)cc2)CC1)Cc1cc(-c2cccc3ccccc23)no1. The van der Waals surface area contributed by atoms with Crippen LogP contribution in [-0.2, 0) is 6.54 Å². The number of fused-ring (bicyclic) bond motifs is 1. The average Bonchev–Trinajstić information content (AvgIpc) is 3.31. The van der Waals surface area contributed by atoms with Crippen LogP contribution >= 0.6 is 0 Å². The fourth-order valence-electron chi connectivity index (χ4n) is 4.50. The summed E-state index contributed by atoms with van der Waals surface area (Å²) in [6, 6.07) is 23.5. The van der Waals surface area contributed by atoms with E-state index in [2.05, 4.69) is 75.4 Å². The predicted molar refractivity (Wildman–Crippen MR) is 131 cm³/mol. The number of benzene rings is 3. The molecule has 0 unspecified atom stereocenters. The van der Waals surface area contributed by atoms with E-state index >= 15 is 0 Å². The molecule has 4 aromatic rings. The summed E-state index contributed by atoms with van der Waals surface area (Å²) in [6.07, 6.45) is 0. The van der Waals surface area contributed by atoms with E-state index < -0.39 is 0 Å². The number of hydrogen-bond acceptors (Lipinski definition) is 5. The van der Waals surface area contributed by atoms with E-state index in [1.807, 2.05) is 12.1 Å². The summed E-state index contributed by atoms with van der Waals surface area (Å²) in [7, 11) is 2.12. The summed E-state index contributed by atoms with van der Waals surface area (Å²) in [6.45, 7) is 6.65. The second-order valence-corrected chi connectivity index (χ2v) is 8.75. The maximum absolute atomic E-state index is 13.2. The molecule has 0 aliphatic carbocycles. The normalized spacial score (nSPS) is 14.9. The van der Waals surface area contributed by atoms with Gasteiger partial charge in [0.05, 0.1) is 6.54 Å². The highest BCUT2D eigenvalue weighted by atomic mass is 19.1. The van der Waals surface area contributed by atoms with Crippen LogP contribution in [0.1, 0.15) is 5.76 Å². The molecule has 0 saturated carbocycles. The van der Waals surface area contributed by atoms with Gasteiger partial charge in [0.15, 0.2) is 5.76 Å². The summed E-state index contributed by atoms with van der Waals surface area (Å²) < 4.78 is 18.8. The number of nitrogens with zero attached hydrogens (tertiary/aromatic N) is 4. The summed E-state index contributed by atoms with van der Waals surface area (Å²) in [5.74, 6) is 0.693. The highest BCUT2D eigenvalue weighted by Gasteiger charge is 2.18. The maximum Gasteiger partial charge on any atom is 0.151 e. The van der Waals surface area contributed by atoms with Gasteiger partial charge in [0.25, 0.3) is 0 Å². The minimum atomic E-state index is -0.184. The third-order valence-corrected chi connectivity index (χ3v) is 6.41. The molecule has 1 aliphatic rings. The number of aromatic nitrogens is 1. The molecule has 0 radical (unpaired) electrons. The van der Waals surface area contributed by atoms with Crippen LogP contribution in [0.5, 0.6) is 0 Å². The molecule has 1 saturated heterocycles. The average molecular weight is 445 g/mol. The first-order chi connectivity index (χ1) is 16.2. The summed E-state index contributed by atoms with van der Waals surface area (Å²) >= 11 is 0. The lowest BCUT2D eigenvalue weighted by Gasteiger charge is -2.36. The monoisotopic (exact) mass is 444 g/mol. The molecule has 1 aliphatic heterocycles. The fraction of sp³-hybridized carbons (Fsp3) is 0.296.